The lowest BCUT2D eigenvalue weighted by molar-refractivity contribution is 0.0708. The zero-order valence-electron chi connectivity index (χ0n) is 7.89. The van der Waals surface area contributed by atoms with Crippen LogP contribution in [0.5, 0.6) is 0 Å². The molecule has 4 heteroatoms. The number of furan rings is 1. The Labute approximate surface area is 82.9 Å². The number of nitrogens with two attached hydrogens (primary N) is 1. The second kappa shape index (κ2) is 3.82. The molecular weight excluding hydrogens is 178 g/mol. The Morgan fingerprint density at radius 3 is 3.00 bits per heavy atom. The molecule has 1 aromatic heterocycles. The van der Waals surface area contributed by atoms with Gasteiger partial charge in [0.15, 0.2) is 6.04 Å². The molecule has 74 valence electrons. The first-order valence-corrected chi connectivity index (χ1v) is 4.72. The molecule has 14 heavy (non-hydrogen) atoms. The number of hydrogen-bond donors (Lipinski definition) is 1. The molecule has 0 amide bonds. The summed E-state index contributed by atoms with van der Waals surface area (Å²) in [6.45, 7) is 2.50. The van der Waals surface area contributed by atoms with Crippen LogP contribution in [0, 0.1) is 17.2 Å². The van der Waals surface area contributed by atoms with Crippen LogP contribution >= 0.6 is 0 Å². The first kappa shape index (κ1) is 9.25. The molecule has 1 aliphatic heterocycles. The van der Waals surface area contributed by atoms with Crippen molar-refractivity contribution in [3.63, 3.8) is 0 Å². The highest BCUT2D eigenvalue weighted by Gasteiger charge is 2.33. The van der Waals surface area contributed by atoms with Gasteiger partial charge in [-0.3, -0.25) is 4.90 Å². The van der Waals surface area contributed by atoms with E-state index in [0.29, 0.717) is 12.5 Å². The van der Waals surface area contributed by atoms with Crippen LogP contribution in [0.15, 0.2) is 22.8 Å². The van der Waals surface area contributed by atoms with Crippen molar-refractivity contribution in [1.82, 2.24) is 4.90 Å². The molecule has 0 saturated carbocycles. The van der Waals surface area contributed by atoms with Crippen molar-refractivity contribution in [2.75, 3.05) is 19.6 Å². The van der Waals surface area contributed by atoms with Gasteiger partial charge >= 0.3 is 0 Å². The largest absolute Gasteiger partial charge is 0.467 e. The van der Waals surface area contributed by atoms with Gasteiger partial charge in [0.05, 0.1) is 12.3 Å². The molecule has 1 saturated heterocycles. The molecule has 2 heterocycles. The lowest BCUT2D eigenvalue weighted by atomic mass is 9.97. The van der Waals surface area contributed by atoms with E-state index in [1.54, 1.807) is 12.3 Å². The molecule has 2 rings (SSSR count). The summed E-state index contributed by atoms with van der Waals surface area (Å²) in [5.41, 5.74) is 5.52. The van der Waals surface area contributed by atoms with Gasteiger partial charge in [-0.25, -0.2) is 0 Å². The van der Waals surface area contributed by atoms with Crippen LogP contribution in [0.2, 0.25) is 0 Å². The third kappa shape index (κ3) is 1.52. The molecule has 0 radical (unpaired) electrons. The van der Waals surface area contributed by atoms with Gasteiger partial charge in [-0.15, -0.1) is 0 Å². The smallest absolute Gasteiger partial charge is 0.156 e. The Bertz CT molecular complexity index is 322. The van der Waals surface area contributed by atoms with Crippen molar-refractivity contribution < 1.29 is 4.42 Å². The molecule has 0 aliphatic carbocycles. The maximum atomic E-state index is 9.01. The first-order valence-electron chi connectivity index (χ1n) is 4.72. The molecule has 1 atom stereocenters. The SMILES string of the molecule is N#CC(c1ccco1)N1CC(CN)C1. The van der Waals surface area contributed by atoms with Gasteiger partial charge in [0.1, 0.15) is 5.76 Å². The van der Waals surface area contributed by atoms with Gasteiger partial charge in [0, 0.05) is 13.1 Å². The minimum Gasteiger partial charge on any atom is -0.467 e. The van der Waals surface area contributed by atoms with E-state index in [4.69, 9.17) is 15.4 Å². The maximum Gasteiger partial charge on any atom is 0.156 e. The zero-order chi connectivity index (χ0) is 9.97. The Hall–Kier alpha value is -1.31. The maximum absolute atomic E-state index is 9.01. The van der Waals surface area contributed by atoms with Gasteiger partial charge in [0.25, 0.3) is 0 Å². The summed E-state index contributed by atoms with van der Waals surface area (Å²) in [6, 6.07) is 5.64. The zero-order valence-corrected chi connectivity index (χ0v) is 7.89. The molecule has 0 aromatic carbocycles. The highest BCUT2D eigenvalue weighted by atomic mass is 16.3. The van der Waals surface area contributed by atoms with Crippen LogP contribution < -0.4 is 5.73 Å². The van der Waals surface area contributed by atoms with Gasteiger partial charge in [-0.2, -0.15) is 5.26 Å². The van der Waals surface area contributed by atoms with E-state index in [-0.39, 0.29) is 6.04 Å². The summed E-state index contributed by atoms with van der Waals surface area (Å²) in [4.78, 5) is 2.08. The molecule has 2 N–H and O–H groups in total. The van der Waals surface area contributed by atoms with Crippen LogP contribution in [0.25, 0.3) is 0 Å². The van der Waals surface area contributed by atoms with Crippen molar-refractivity contribution in [3.05, 3.63) is 24.2 Å². The second-order valence-corrected chi connectivity index (χ2v) is 3.60. The number of likely N-dealkylation sites (tertiary alicyclic amines) is 1. The lowest BCUT2D eigenvalue weighted by Gasteiger charge is -2.40. The van der Waals surface area contributed by atoms with Crippen LogP contribution in [-0.2, 0) is 0 Å². The Morgan fingerprint density at radius 1 is 1.71 bits per heavy atom. The van der Waals surface area contributed by atoms with Gasteiger partial charge in [0.2, 0.25) is 0 Å². The quantitative estimate of drug-likeness (QED) is 0.765. The number of nitrogens with zero attached hydrogens (tertiary/aromatic N) is 2. The minimum absolute atomic E-state index is 0.243. The Morgan fingerprint density at radius 2 is 2.50 bits per heavy atom. The highest BCUT2D eigenvalue weighted by molar-refractivity contribution is 5.14. The van der Waals surface area contributed by atoms with E-state index < -0.39 is 0 Å². The van der Waals surface area contributed by atoms with E-state index in [1.807, 2.05) is 6.07 Å². The third-order valence-electron chi connectivity index (χ3n) is 2.62. The highest BCUT2D eigenvalue weighted by Crippen LogP contribution is 2.27. The van der Waals surface area contributed by atoms with E-state index in [0.717, 1.165) is 18.8 Å². The standard InChI is InChI=1S/C10H13N3O/c11-4-8-6-13(7-8)9(5-12)10-2-1-3-14-10/h1-3,8-9H,4,6-7,11H2. The van der Waals surface area contributed by atoms with Crippen molar-refractivity contribution in [3.8, 4) is 6.07 Å². The van der Waals surface area contributed by atoms with Crippen LogP contribution in [0.1, 0.15) is 11.8 Å². The molecule has 0 bridgehead atoms. The predicted molar refractivity (Wildman–Crippen MR) is 51.2 cm³/mol. The van der Waals surface area contributed by atoms with Crippen molar-refractivity contribution in [2.24, 2.45) is 11.7 Å². The van der Waals surface area contributed by atoms with Gasteiger partial charge in [-0.1, -0.05) is 0 Å². The minimum atomic E-state index is -0.243. The van der Waals surface area contributed by atoms with E-state index in [9.17, 15) is 0 Å². The summed E-state index contributed by atoms with van der Waals surface area (Å²) < 4.78 is 5.22. The van der Waals surface area contributed by atoms with Gasteiger partial charge < -0.3 is 10.2 Å². The second-order valence-electron chi connectivity index (χ2n) is 3.60. The number of hydrogen-bond acceptors (Lipinski definition) is 4. The molecule has 4 nitrogen and oxygen atoms in total. The molecule has 1 fully saturated rings. The van der Waals surface area contributed by atoms with E-state index in [1.165, 1.54) is 0 Å². The van der Waals surface area contributed by atoms with Crippen molar-refractivity contribution in [1.29, 1.82) is 5.26 Å². The summed E-state index contributed by atoms with van der Waals surface area (Å²) in [6.07, 6.45) is 1.60. The van der Waals surface area contributed by atoms with Crippen molar-refractivity contribution in [2.45, 2.75) is 6.04 Å². The Kier molecular flexibility index (Phi) is 2.53. The van der Waals surface area contributed by atoms with E-state index in [2.05, 4.69) is 11.0 Å². The number of rotatable bonds is 3. The number of nitriles is 1. The average Bonchev–Trinajstić information content (AvgIpc) is 2.62. The normalized spacial score (nSPS) is 20.0. The lowest BCUT2D eigenvalue weighted by Crippen LogP contribution is -2.50. The fourth-order valence-corrected chi connectivity index (χ4v) is 1.74. The van der Waals surface area contributed by atoms with Crippen LogP contribution in [0.4, 0.5) is 0 Å². The predicted octanol–water partition coefficient (Wildman–Crippen LogP) is 0.735. The fourth-order valence-electron chi connectivity index (χ4n) is 1.74. The Balaban J connectivity index is 2.00. The summed E-state index contributed by atoms with van der Waals surface area (Å²) in [7, 11) is 0. The van der Waals surface area contributed by atoms with Crippen LogP contribution in [-0.4, -0.2) is 24.5 Å². The molecular formula is C10H13N3O. The monoisotopic (exact) mass is 191 g/mol. The molecule has 1 aromatic rings. The van der Waals surface area contributed by atoms with Gasteiger partial charge in [-0.05, 0) is 24.6 Å². The van der Waals surface area contributed by atoms with E-state index >= 15 is 0 Å². The summed E-state index contributed by atoms with van der Waals surface area (Å²) >= 11 is 0. The fraction of sp³-hybridized carbons (Fsp3) is 0.500. The summed E-state index contributed by atoms with van der Waals surface area (Å²) in [5.74, 6) is 1.27. The topological polar surface area (TPSA) is 66.2 Å². The molecule has 1 aliphatic rings. The summed E-state index contributed by atoms with van der Waals surface area (Å²) in [5, 5.41) is 9.01. The average molecular weight is 191 g/mol. The van der Waals surface area contributed by atoms with Crippen molar-refractivity contribution >= 4 is 0 Å². The third-order valence-corrected chi connectivity index (χ3v) is 2.62. The molecule has 0 spiro atoms. The first-order chi connectivity index (χ1) is 6.85. The van der Waals surface area contributed by atoms with Crippen LogP contribution in [0.3, 0.4) is 0 Å². The molecule has 1 unspecified atom stereocenters.